The van der Waals surface area contributed by atoms with Crippen LogP contribution in [0.1, 0.15) is 19.4 Å². The molecule has 0 unspecified atom stereocenters. The van der Waals surface area contributed by atoms with Gasteiger partial charge in [0.15, 0.2) is 11.5 Å². The van der Waals surface area contributed by atoms with Crippen LogP contribution in [0.2, 0.25) is 0 Å². The van der Waals surface area contributed by atoms with Crippen molar-refractivity contribution < 1.29 is 19.0 Å². The number of carbonyl (C=O) groups excluding carboxylic acids is 1. The summed E-state index contributed by atoms with van der Waals surface area (Å²) in [6.45, 7) is 10.6. The minimum atomic E-state index is 0.117. The van der Waals surface area contributed by atoms with Crippen molar-refractivity contribution in [2.75, 3.05) is 60.0 Å². The van der Waals surface area contributed by atoms with Gasteiger partial charge in [-0.15, -0.1) is 0 Å². The van der Waals surface area contributed by atoms with Crippen LogP contribution in [0.25, 0.3) is 0 Å². The van der Waals surface area contributed by atoms with Gasteiger partial charge in [0.2, 0.25) is 5.91 Å². The molecule has 0 aromatic heterocycles. The maximum absolute atomic E-state index is 12.7. The van der Waals surface area contributed by atoms with Crippen LogP contribution in [-0.4, -0.2) is 92.8 Å². The van der Waals surface area contributed by atoms with Crippen LogP contribution < -0.4 is 9.47 Å². The quantitative estimate of drug-likeness (QED) is 0.732. The fourth-order valence-corrected chi connectivity index (χ4v) is 4.02. The molecule has 1 amide bonds. The molecule has 2 aliphatic rings. The summed E-state index contributed by atoms with van der Waals surface area (Å²) in [7, 11) is 3.31. The Bertz CT molecular complexity index is 651. The third kappa shape index (κ3) is 5.37. The molecule has 2 saturated heterocycles. The van der Waals surface area contributed by atoms with E-state index in [1.807, 2.05) is 30.9 Å². The lowest BCUT2D eigenvalue weighted by Gasteiger charge is -2.38. The molecule has 0 radical (unpaired) electrons. The van der Waals surface area contributed by atoms with Gasteiger partial charge in [0, 0.05) is 45.8 Å². The minimum absolute atomic E-state index is 0.117. The molecule has 2 aliphatic heterocycles. The van der Waals surface area contributed by atoms with Crippen LogP contribution >= 0.6 is 0 Å². The molecule has 2 fully saturated rings. The summed E-state index contributed by atoms with van der Waals surface area (Å²) in [6, 6.07) is 6.07. The zero-order valence-corrected chi connectivity index (χ0v) is 17.5. The molecule has 0 saturated carbocycles. The molecule has 0 bridgehead atoms. The molecule has 7 heteroatoms. The molecule has 28 heavy (non-hydrogen) atoms. The maximum atomic E-state index is 12.7. The Kier molecular flexibility index (Phi) is 7.15. The Morgan fingerprint density at radius 1 is 1.00 bits per heavy atom. The zero-order chi connectivity index (χ0) is 20.1. The Balaban J connectivity index is 1.46. The first kappa shape index (κ1) is 20.9. The van der Waals surface area contributed by atoms with E-state index < -0.39 is 0 Å². The van der Waals surface area contributed by atoms with Gasteiger partial charge >= 0.3 is 0 Å². The molecule has 1 aromatic rings. The van der Waals surface area contributed by atoms with Gasteiger partial charge in [-0.1, -0.05) is 6.07 Å². The van der Waals surface area contributed by atoms with Gasteiger partial charge in [-0.25, -0.2) is 0 Å². The fraction of sp³-hybridized carbons (Fsp3) is 0.667. The van der Waals surface area contributed by atoms with Crippen molar-refractivity contribution in [1.29, 1.82) is 0 Å². The highest BCUT2D eigenvalue weighted by Crippen LogP contribution is 2.28. The van der Waals surface area contributed by atoms with Gasteiger partial charge in [0.1, 0.15) is 0 Å². The smallest absolute Gasteiger partial charge is 0.236 e. The van der Waals surface area contributed by atoms with E-state index in [-0.39, 0.29) is 18.1 Å². The highest BCUT2D eigenvalue weighted by Gasteiger charge is 2.28. The standard InChI is InChI=1S/C21H33N3O4/c1-16-12-24(13-17(2)28-16)21(25)15-23-9-7-22(8-10-23)14-18-5-6-19(26-3)20(11-18)27-4/h5-6,11,16-17H,7-10,12-15H2,1-4H3/t16-,17-/m0/s1. The molecule has 156 valence electrons. The van der Waals surface area contributed by atoms with Crippen molar-refractivity contribution in [3.05, 3.63) is 23.8 Å². The molecule has 0 aliphatic carbocycles. The molecule has 2 heterocycles. The Hall–Kier alpha value is -1.83. The van der Waals surface area contributed by atoms with E-state index >= 15 is 0 Å². The number of rotatable bonds is 6. The number of hydrogen-bond donors (Lipinski definition) is 0. The average molecular weight is 392 g/mol. The van der Waals surface area contributed by atoms with Crippen molar-refractivity contribution in [2.24, 2.45) is 0 Å². The number of carbonyl (C=O) groups is 1. The van der Waals surface area contributed by atoms with Gasteiger partial charge in [-0.05, 0) is 31.5 Å². The highest BCUT2D eigenvalue weighted by atomic mass is 16.5. The summed E-state index contributed by atoms with van der Waals surface area (Å²) in [5.74, 6) is 1.73. The summed E-state index contributed by atoms with van der Waals surface area (Å²) < 4.78 is 16.4. The summed E-state index contributed by atoms with van der Waals surface area (Å²) in [5, 5.41) is 0. The van der Waals surface area contributed by atoms with E-state index in [2.05, 4.69) is 15.9 Å². The lowest BCUT2D eigenvalue weighted by atomic mass is 10.1. The number of methoxy groups -OCH3 is 2. The third-order valence-electron chi connectivity index (χ3n) is 5.45. The summed E-state index contributed by atoms with van der Waals surface area (Å²) in [6.07, 6.45) is 0.233. The first-order valence-corrected chi connectivity index (χ1v) is 10.1. The van der Waals surface area contributed by atoms with Crippen LogP contribution in [0.5, 0.6) is 11.5 Å². The van der Waals surface area contributed by atoms with Gasteiger partial charge in [-0.2, -0.15) is 0 Å². The number of nitrogens with zero attached hydrogens (tertiary/aromatic N) is 3. The maximum Gasteiger partial charge on any atom is 0.236 e. The first-order chi connectivity index (χ1) is 13.5. The van der Waals surface area contributed by atoms with Crippen molar-refractivity contribution in [1.82, 2.24) is 14.7 Å². The Morgan fingerprint density at radius 2 is 1.61 bits per heavy atom. The second-order valence-electron chi connectivity index (χ2n) is 7.80. The predicted octanol–water partition coefficient (Wildman–Crippen LogP) is 1.46. The first-order valence-electron chi connectivity index (χ1n) is 10.1. The predicted molar refractivity (Wildman–Crippen MR) is 108 cm³/mol. The molecular weight excluding hydrogens is 358 g/mol. The number of ether oxygens (including phenoxy) is 3. The molecule has 3 rings (SSSR count). The molecule has 2 atom stereocenters. The van der Waals surface area contributed by atoms with Gasteiger partial charge in [-0.3, -0.25) is 14.6 Å². The van der Waals surface area contributed by atoms with Gasteiger partial charge in [0.05, 0.1) is 33.0 Å². The van der Waals surface area contributed by atoms with Crippen LogP contribution in [0.15, 0.2) is 18.2 Å². The van der Waals surface area contributed by atoms with E-state index in [0.717, 1.165) is 44.2 Å². The monoisotopic (exact) mass is 391 g/mol. The van der Waals surface area contributed by atoms with E-state index in [1.54, 1.807) is 14.2 Å². The molecule has 0 N–H and O–H groups in total. The highest BCUT2D eigenvalue weighted by molar-refractivity contribution is 5.78. The average Bonchev–Trinajstić information content (AvgIpc) is 2.68. The van der Waals surface area contributed by atoms with Crippen LogP contribution in [0.3, 0.4) is 0 Å². The topological polar surface area (TPSA) is 54.5 Å². The molecule has 1 aromatic carbocycles. The SMILES string of the molecule is COc1ccc(CN2CCN(CC(=O)N3C[C@H](C)O[C@@H](C)C3)CC2)cc1OC. The third-order valence-corrected chi connectivity index (χ3v) is 5.45. The van der Waals surface area contributed by atoms with Gasteiger partial charge < -0.3 is 19.1 Å². The van der Waals surface area contributed by atoms with E-state index in [9.17, 15) is 4.79 Å². The summed E-state index contributed by atoms with van der Waals surface area (Å²) in [5.41, 5.74) is 1.21. The van der Waals surface area contributed by atoms with E-state index in [1.165, 1.54) is 5.56 Å². The summed E-state index contributed by atoms with van der Waals surface area (Å²) >= 11 is 0. The number of hydrogen-bond acceptors (Lipinski definition) is 6. The lowest BCUT2D eigenvalue weighted by Crippen LogP contribution is -2.53. The van der Waals surface area contributed by atoms with E-state index in [4.69, 9.17) is 14.2 Å². The van der Waals surface area contributed by atoms with Crippen LogP contribution in [0, 0.1) is 0 Å². The molecule has 0 spiro atoms. The summed E-state index contributed by atoms with van der Waals surface area (Å²) in [4.78, 5) is 19.3. The fourth-order valence-electron chi connectivity index (χ4n) is 4.02. The number of morpholine rings is 1. The molecular formula is C21H33N3O4. The number of benzene rings is 1. The van der Waals surface area contributed by atoms with Crippen molar-refractivity contribution in [3.8, 4) is 11.5 Å². The van der Waals surface area contributed by atoms with E-state index in [0.29, 0.717) is 19.6 Å². The minimum Gasteiger partial charge on any atom is -0.493 e. The number of piperazine rings is 1. The Morgan fingerprint density at radius 3 is 2.21 bits per heavy atom. The lowest BCUT2D eigenvalue weighted by molar-refractivity contribution is -0.144. The van der Waals surface area contributed by atoms with Gasteiger partial charge in [0.25, 0.3) is 0 Å². The zero-order valence-electron chi connectivity index (χ0n) is 17.5. The largest absolute Gasteiger partial charge is 0.493 e. The second kappa shape index (κ2) is 9.58. The van der Waals surface area contributed by atoms with Crippen molar-refractivity contribution in [2.45, 2.75) is 32.6 Å². The van der Waals surface area contributed by atoms with Crippen LogP contribution in [0.4, 0.5) is 0 Å². The van der Waals surface area contributed by atoms with Crippen LogP contribution in [-0.2, 0) is 16.1 Å². The van der Waals surface area contributed by atoms with Crippen molar-refractivity contribution >= 4 is 5.91 Å². The Labute approximate surface area is 168 Å². The number of amides is 1. The molecule has 7 nitrogen and oxygen atoms in total. The second-order valence-corrected chi connectivity index (χ2v) is 7.80. The van der Waals surface area contributed by atoms with Crippen molar-refractivity contribution in [3.63, 3.8) is 0 Å². The normalized spacial score (nSPS) is 24.2.